The number of hydrogen-bond donors (Lipinski definition) is 1. The Morgan fingerprint density at radius 3 is 1.67 bits per heavy atom. The third-order valence-corrected chi connectivity index (χ3v) is 0.483. The predicted octanol–water partition coefficient (Wildman–Crippen LogP) is 0.421. The quantitative estimate of drug-likeness (QED) is 0.478. The predicted molar refractivity (Wildman–Crippen MR) is 28.4 cm³/mol. The van der Waals surface area contributed by atoms with E-state index in [1.165, 1.54) is 12.0 Å². The molecule has 0 saturated heterocycles. The zero-order chi connectivity index (χ0) is 4.99. The molecule has 0 aliphatic heterocycles. The Bertz CT molecular complexity index is 52.6. The van der Waals surface area contributed by atoms with Gasteiger partial charge in [-0.05, 0) is 0 Å². The van der Waals surface area contributed by atoms with Crippen LogP contribution in [0.3, 0.4) is 0 Å². The number of hydrogen-bond acceptors (Lipinski definition) is 1. The van der Waals surface area contributed by atoms with Crippen molar-refractivity contribution in [2.24, 2.45) is 0 Å². The first-order valence-electron chi connectivity index (χ1n) is 1.74. The van der Waals surface area contributed by atoms with Crippen LogP contribution >= 0.6 is 0 Å². The van der Waals surface area contributed by atoms with Crippen molar-refractivity contribution < 1.29 is 5.02 Å². The van der Waals surface area contributed by atoms with E-state index in [1.54, 1.807) is 0 Å². The van der Waals surface area contributed by atoms with E-state index in [9.17, 15) is 0 Å². The van der Waals surface area contributed by atoms with Gasteiger partial charge in [-0.15, -0.1) is 13.2 Å². The molecule has 0 amide bonds. The van der Waals surface area contributed by atoms with Gasteiger partial charge in [0.1, 0.15) is 0 Å². The van der Waals surface area contributed by atoms with Crippen molar-refractivity contribution in [1.29, 1.82) is 0 Å². The van der Waals surface area contributed by atoms with Crippen LogP contribution in [0.25, 0.3) is 0 Å². The lowest BCUT2D eigenvalue weighted by atomic mass is 9.70. The molecule has 0 aliphatic rings. The first-order valence-corrected chi connectivity index (χ1v) is 1.74. The Hall–Kier alpha value is -0.495. The molecular formula is C4H7BO. The SMILES string of the molecule is C=CB(O)C=C. The molecule has 0 rings (SSSR count). The van der Waals surface area contributed by atoms with E-state index in [0.717, 1.165) is 0 Å². The molecule has 0 bridgehead atoms. The molecule has 0 aliphatic carbocycles. The third-order valence-electron chi connectivity index (χ3n) is 0.483. The molecule has 0 radical (unpaired) electrons. The minimum atomic E-state index is -0.537. The van der Waals surface area contributed by atoms with E-state index < -0.39 is 6.92 Å². The van der Waals surface area contributed by atoms with Crippen molar-refractivity contribution in [1.82, 2.24) is 0 Å². The van der Waals surface area contributed by atoms with Crippen molar-refractivity contribution >= 4 is 6.92 Å². The minimum absolute atomic E-state index is 0.537. The average Bonchev–Trinajstić information content (AvgIpc) is 1.65. The summed E-state index contributed by atoms with van der Waals surface area (Å²) in [7, 11) is 0. The molecule has 0 aromatic rings. The van der Waals surface area contributed by atoms with E-state index in [2.05, 4.69) is 13.2 Å². The Morgan fingerprint density at radius 2 is 1.67 bits per heavy atom. The van der Waals surface area contributed by atoms with Crippen molar-refractivity contribution in [3.63, 3.8) is 0 Å². The second kappa shape index (κ2) is 2.73. The van der Waals surface area contributed by atoms with E-state index in [1.807, 2.05) is 0 Å². The van der Waals surface area contributed by atoms with Gasteiger partial charge < -0.3 is 5.02 Å². The second-order valence-corrected chi connectivity index (χ2v) is 0.962. The van der Waals surface area contributed by atoms with Crippen LogP contribution in [0.2, 0.25) is 0 Å². The standard InChI is InChI=1S/C4H7BO/c1-3-5(6)4-2/h3-4,6H,1-2H2. The zero-order valence-corrected chi connectivity index (χ0v) is 3.59. The fourth-order valence-electron chi connectivity index (χ4n) is 0.0962. The van der Waals surface area contributed by atoms with Gasteiger partial charge in [0.05, 0.1) is 0 Å². The molecule has 32 valence electrons. The van der Waals surface area contributed by atoms with Crippen molar-refractivity contribution in [2.75, 3.05) is 0 Å². The van der Waals surface area contributed by atoms with E-state index in [-0.39, 0.29) is 0 Å². The summed E-state index contributed by atoms with van der Waals surface area (Å²) in [6.45, 7) is 6.08. The molecule has 0 spiro atoms. The van der Waals surface area contributed by atoms with Crippen LogP contribution in [0.1, 0.15) is 0 Å². The van der Waals surface area contributed by atoms with Gasteiger partial charge in [-0.1, -0.05) is 12.0 Å². The molecule has 1 N–H and O–H groups in total. The van der Waals surface area contributed by atoms with Crippen molar-refractivity contribution in [2.45, 2.75) is 0 Å². The Morgan fingerprint density at radius 1 is 1.33 bits per heavy atom. The first-order chi connectivity index (χ1) is 2.81. The summed E-state index contributed by atoms with van der Waals surface area (Å²) in [5.74, 6) is 2.82. The van der Waals surface area contributed by atoms with Gasteiger partial charge in [-0.25, -0.2) is 0 Å². The van der Waals surface area contributed by atoms with E-state index in [0.29, 0.717) is 0 Å². The highest BCUT2D eigenvalue weighted by molar-refractivity contribution is 6.61. The van der Waals surface area contributed by atoms with Crippen LogP contribution in [0.5, 0.6) is 0 Å². The molecule has 0 aromatic heterocycles. The smallest absolute Gasteiger partial charge is 0.342 e. The molecule has 1 nitrogen and oxygen atoms in total. The summed E-state index contributed by atoms with van der Waals surface area (Å²) in [6, 6.07) is 0. The number of rotatable bonds is 2. The molecule has 0 heterocycles. The summed E-state index contributed by atoms with van der Waals surface area (Å²) < 4.78 is 0. The molecular weight excluding hydrogens is 74.9 g/mol. The Kier molecular flexibility index (Phi) is 2.50. The van der Waals surface area contributed by atoms with Gasteiger partial charge in [0, 0.05) is 0 Å². The molecule has 2 heteroatoms. The molecule has 0 atom stereocenters. The summed E-state index contributed by atoms with van der Waals surface area (Å²) >= 11 is 0. The first kappa shape index (κ1) is 5.50. The Balaban J connectivity index is 3.21. The molecule has 0 saturated carbocycles. The lowest BCUT2D eigenvalue weighted by molar-refractivity contribution is 0.598. The average molecular weight is 81.9 g/mol. The maximum atomic E-state index is 8.43. The van der Waals surface area contributed by atoms with Crippen molar-refractivity contribution in [3.8, 4) is 0 Å². The van der Waals surface area contributed by atoms with Crippen LogP contribution in [0.15, 0.2) is 25.1 Å². The lowest BCUT2D eigenvalue weighted by Gasteiger charge is -1.80. The van der Waals surface area contributed by atoms with Gasteiger partial charge >= 0.3 is 6.92 Å². The minimum Gasteiger partial charge on any atom is -0.443 e. The molecule has 0 unspecified atom stereocenters. The molecule has 6 heavy (non-hydrogen) atoms. The van der Waals surface area contributed by atoms with Crippen LogP contribution in [0, 0.1) is 0 Å². The summed E-state index contributed by atoms with van der Waals surface area (Å²) in [5.41, 5.74) is 0. The summed E-state index contributed by atoms with van der Waals surface area (Å²) in [5, 5.41) is 8.43. The maximum absolute atomic E-state index is 8.43. The fraction of sp³-hybridized carbons (Fsp3) is 0. The maximum Gasteiger partial charge on any atom is 0.342 e. The van der Waals surface area contributed by atoms with Gasteiger partial charge in [-0.2, -0.15) is 0 Å². The van der Waals surface area contributed by atoms with Gasteiger partial charge in [0.15, 0.2) is 0 Å². The molecule has 0 fully saturated rings. The Labute approximate surface area is 38.1 Å². The normalized spacial score (nSPS) is 6.83. The lowest BCUT2D eigenvalue weighted by Crippen LogP contribution is -2.00. The van der Waals surface area contributed by atoms with Crippen LogP contribution < -0.4 is 0 Å². The fourth-order valence-corrected chi connectivity index (χ4v) is 0.0962. The van der Waals surface area contributed by atoms with Crippen LogP contribution in [0.4, 0.5) is 0 Å². The van der Waals surface area contributed by atoms with Crippen LogP contribution in [-0.4, -0.2) is 11.9 Å². The zero-order valence-electron chi connectivity index (χ0n) is 3.59. The second-order valence-electron chi connectivity index (χ2n) is 0.962. The monoisotopic (exact) mass is 82.1 g/mol. The largest absolute Gasteiger partial charge is 0.443 e. The highest BCUT2D eigenvalue weighted by atomic mass is 16.2. The van der Waals surface area contributed by atoms with Crippen molar-refractivity contribution in [3.05, 3.63) is 25.1 Å². The third kappa shape index (κ3) is 1.79. The summed E-state index contributed by atoms with van der Waals surface area (Å²) in [4.78, 5) is 0. The van der Waals surface area contributed by atoms with E-state index in [4.69, 9.17) is 5.02 Å². The topological polar surface area (TPSA) is 20.2 Å². The van der Waals surface area contributed by atoms with Gasteiger partial charge in [0.25, 0.3) is 0 Å². The summed E-state index contributed by atoms with van der Waals surface area (Å²) in [6.07, 6.45) is 0. The highest BCUT2D eigenvalue weighted by Gasteiger charge is 1.91. The molecule has 0 aromatic carbocycles. The van der Waals surface area contributed by atoms with Crippen LogP contribution in [-0.2, 0) is 0 Å². The van der Waals surface area contributed by atoms with E-state index >= 15 is 0 Å². The highest BCUT2D eigenvalue weighted by Crippen LogP contribution is 1.72. The van der Waals surface area contributed by atoms with Gasteiger partial charge in [0.2, 0.25) is 0 Å². The van der Waals surface area contributed by atoms with Gasteiger partial charge in [-0.3, -0.25) is 0 Å².